The van der Waals surface area contributed by atoms with Gasteiger partial charge < -0.3 is 14.9 Å². The Morgan fingerprint density at radius 3 is 2.69 bits per heavy atom. The zero-order chi connectivity index (χ0) is 18.7. The van der Waals surface area contributed by atoms with Crippen molar-refractivity contribution in [3.63, 3.8) is 0 Å². The normalized spacial score (nSPS) is 21.7. The summed E-state index contributed by atoms with van der Waals surface area (Å²) in [6.07, 6.45) is 7.07. The van der Waals surface area contributed by atoms with Crippen LogP contribution >= 0.6 is 0 Å². The van der Waals surface area contributed by atoms with Crippen molar-refractivity contribution in [3.8, 4) is 0 Å². The molecular weight excluding hydrogens is 356 g/mol. The van der Waals surface area contributed by atoms with Crippen molar-refractivity contribution in [3.05, 3.63) is 17.8 Å². The van der Waals surface area contributed by atoms with Gasteiger partial charge in [-0.25, -0.2) is 18.2 Å². The van der Waals surface area contributed by atoms with Crippen LogP contribution in [-0.2, 0) is 10.0 Å². The number of likely N-dealkylation sites (tertiary alicyclic amines) is 1. The molecule has 9 heteroatoms. The van der Waals surface area contributed by atoms with Gasteiger partial charge in [0, 0.05) is 19.6 Å². The number of nitrogens with zero attached hydrogens (tertiary/aromatic N) is 3. The molecule has 1 aromatic rings. The zero-order valence-electron chi connectivity index (χ0n) is 15.0. The summed E-state index contributed by atoms with van der Waals surface area (Å²) in [5.41, 5.74) is 0.194. The molecule has 144 valence electrons. The number of hydrogen-bond donors (Lipinski definition) is 2. The molecule has 2 aliphatic rings. The van der Waals surface area contributed by atoms with Gasteiger partial charge in [0.05, 0.1) is 18.1 Å². The van der Waals surface area contributed by atoms with Crippen LogP contribution < -0.4 is 9.62 Å². The monoisotopic (exact) mass is 382 g/mol. The third kappa shape index (κ3) is 4.85. The second-order valence-electron chi connectivity index (χ2n) is 7.24. The Kier molecular flexibility index (Phi) is 5.67. The van der Waals surface area contributed by atoms with Gasteiger partial charge in [-0.15, -0.1) is 0 Å². The molecule has 1 unspecified atom stereocenters. The number of sulfonamides is 1. The van der Waals surface area contributed by atoms with Gasteiger partial charge >= 0.3 is 5.97 Å². The fraction of sp³-hybridized carbons (Fsp3) is 0.647. The lowest BCUT2D eigenvalue weighted by Crippen LogP contribution is -2.41. The number of hydrogen-bond acceptors (Lipinski definition) is 6. The molecule has 3 heterocycles. The van der Waals surface area contributed by atoms with E-state index >= 15 is 0 Å². The summed E-state index contributed by atoms with van der Waals surface area (Å²) in [5, 5.41) is 9.56. The number of carboxylic acids is 1. The summed E-state index contributed by atoms with van der Waals surface area (Å²) in [6.45, 7) is 4.90. The minimum atomic E-state index is -3.48. The number of carboxylic acid groups (broad SMARTS) is 1. The van der Waals surface area contributed by atoms with E-state index in [4.69, 9.17) is 0 Å². The van der Waals surface area contributed by atoms with Gasteiger partial charge in [0.15, 0.2) is 0 Å². The van der Waals surface area contributed by atoms with Crippen LogP contribution in [0.1, 0.15) is 36.0 Å². The maximum Gasteiger partial charge on any atom is 0.339 e. The lowest BCUT2D eigenvalue weighted by atomic mass is 9.97. The number of piperidine rings is 1. The third-order valence-electron chi connectivity index (χ3n) is 4.93. The molecule has 2 fully saturated rings. The highest BCUT2D eigenvalue weighted by molar-refractivity contribution is 7.92. The smallest absolute Gasteiger partial charge is 0.339 e. The van der Waals surface area contributed by atoms with Crippen LogP contribution in [0.25, 0.3) is 0 Å². The van der Waals surface area contributed by atoms with Gasteiger partial charge in [-0.1, -0.05) is 0 Å². The molecule has 1 atom stereocenters. The van der Waals surface area contributed by atoms with E-state index in [0.29, 0.717) is 11.7 Å². The quantitative estimate of drug-likeness (QED) is 0.768. The van der Waals surface area contributed by atoms with Gasteiger partial charge in [-0.05, 0) is 50.8 Å². The molecule has 2 saturated heterocycles. The summed E-state index contributed by atoms with van der Waals surface area (Å²) < 4.78 is 25.0. The van der Waals surface area contributed by atoms with Crippen molar-refractivity contribution < 1.29 is 18.3 Å². The Labute approximate surface area is 154 Å². The number of aromatic carboxylic acids is 1. The summed E-state index contributed by atoms with van der Waals surface area (Å²) in [6, 6.07) is 1.34. The molecule has 2 N–H and O–H groups in total. The molecule has 2 aliphatic heterocycles. The number of carbonyl (C=O) groups is 1. The molecule has 0 saturated carbocycles. The first-order chi connectivity index (χ1) is 12.3. The maximum atomic E-state index is 11.7. The van der Waals surface area contributed by atoms with Crippen LogP contribution in [0.15, 0.2) is 12.3 Å². The van der Waals surface area contributed by atoms with E-state index in [1.807, 2.05) is 4.90 Å². The first-order valence-corrected chi connectivity index (χ1v) is 10.9. The van der Waals surface area contributed by atoms with E-state index in [9.17, 15) is 18.3 Å². The van der Waals surface area contributed by atoms with E-state index in [1.54, 1.807) is 0 Å². The molecule has 8 nitrogen and oxygen atoms in total. The Bertz CT molecular complexity index is 762. The minimum absolute atomic E-state index is 0.0282. The van der Waals surface area contributed by atoms with Crippen LogP contribution in [0.3, 0.4) is 0 Å². The lowest BCUT2D eigenvalue weighted by Gasteiger charge is -2.36. The first-order valence-electron chi connectivity index (χ1n) is 9.00. The zero-order valence-corrected chi connectivity index (χ0v) is 15.8. The fourth-order valence-electron chi connectivity index (χ4n) is 3.87. The number of pyridine rings is 1. The SMILES string of the molecule is CS(=O)(=O)Nc1cnc(N2CCCC(CN3CCCC3)C2)c(C(=O)O)c1. The predicted octanol–water partition coefficient (Wildman–Crippen LogP) is 1.46. The third-order valence-corrected chi connectivity index (χ3v) is 5.54. The van der Waals surface area contributed by atoms with Crippen molar-refractivity contribution in [1.82, 2.24) is 9.88 Å². The summed E-state index contributed by atoms with van der Waals surface area (Å²) in [4.78, 5) is 20.5. The van der Waals surface area contributed by atoms with E-state index in [-0.39, 0.29) is 11.3 Å². The topological polar surface area (TPSA) is 103 Å². The van der Waals surface area contributed by atoms with Crippen LogP contribution in [0.4, 0.5) is 11.5 Å². The summed E-state index contributed by atoms with van der Waals surface area (Å²) >= 11 is 0. The van der Waals surface area contributed by atoms with Crippen LogP contribution in [0.5, 0.6) is 0 Å². The van der Waals surface area contributed by atoms with Crippen molar-refractivity contribution in [2.45, 2.75) is 25.7 Å². The standard InChI is InChI=1S/C17H26N4O4S/c1-26(24,25)19-14-9-15(17(22)23)16(18-10-14)21-8-4-5-13(12-21)11-20-6-2-3-7-20/h9-10,13,19H,2-8,11-12H2,1H3,(H,22,23). The molecule has 0 bridgehead atoms. The van der Waals surface area contributed by atoms with Crippen LogP contribution in [0, 0.1) is 5.92 Å². The number of anilines is 2. The Balaban J connectivity index is 1.77. The van der Waals surface area contributed by atoms with E-state index < -0.39 is 16.0 Å². The van der Waals surface area contributed by atoms with E-state index in [2.05, 4.69) is 14.6 Å². The average Bonchev–Trinajstić information content (AvgIpc) is 3.06. The Morgan fingerprint density at radius 2 is 2.04 bits per heavy atom. The minimum Gasteiger partial charge on any atom is -0.478 e. The van der Waals surface area contributed by atoms with Gasteiger partial charge in [-0.3, -0.25) is 4.72 Å². The number of rotatable bonds is 6. The van der Waals surface area contributed by atoms with Crippen LogP contribution in [0.2, 0.25) is 0 Å². The second-order valence-corrected chi connectivity index (χ2v) is 8.98. The highest BCUT2D eigenvalue weighted by Crippen LogP contribution is 2.27. The molecule has 1 aromatic heterocycles. The molecular formula is C17H26N4O4S. The average molecular weight is 382 g/mol. The molecule has 0 aliphatic carbocycles. The van der Waals surface area contributed by atoms with E-state index in [1.165, 1.54) is 25.1 Å². The Hall–Kier alpha value is -1.87. The van der Waals surface area contributed by atoms with E-state index in [0.717, 1.165) is 51.8 Å². The predicted molar refractivity (Wildman–Crippen MR) is 100 cm³/mol. The van der Waals surface area contributed by atoms with Gasteiger partial charge in [-0.2, -0.15) is 0 Å². The fourth-order valence-corrected chi connectivity index (χ4v) is 4.41. The Morgan fingerprint density at radius 1 is 1.31 bits per heavy atom. The van der Waals surface area contributed by atoms with Crippen LogP contribution in [-0.4, -0.2) is 68.4 Å². The molecule has 0 spiro atoms. The van der Waals surface area contributed by atoms with Crippen molar-refractivity contribution >= 4 is 27.5 Å². The van der Waals surface area contributed by atoms with Gasteiger partial charge in [0.1, 0.15) is 11.4 Å². The molecule has 3 rings (SSSR count). The largest absolute Gasteiger partial charge is 0.478 e. The van der Waals surface area contributed by atoms with Crippen molar-refractivity contribution in [2.75, 3.05) is 48.6 Å². The molecule has 26 heavy (non-hydrogen) atoms. The van der Waals surface area contributed by atoms with Gasteiger partial charge in [0.2, 0.25) is 10.0 Å². The number of aromatic nitrogens is 1. The maximum absolute atomic E-state index is 11.7. The first kappa shape index (κ1) is 18.9. The number of nitrogens with one attached hydrogen (secondary N) is 1. The van der Waals surface area contributed by atoms with Crippen molar-refractivity contribution in [1.29, 1.82) is 0 Å². The lowest BCUT2D eigenvalue weighted by molar-refractivity contribution is 0.0697. The molecule has 0 aromatic carbocycles. The molecule has 0 amide bonds. The van der Waals surface area contributed by atoms with Gasteiger partial charge in [0.25, 0.3) is 0 Å². The highest BCUT2D eigenvalue weighted by Gasteiger charge is 2.27. The summed E-state index contributed by atoms with van der Waals surface area (Å²) in [5.74, 6) is -0.187. The van der Waals surface area contributed by atoms with Crippen molar-refractivity contribution in [2.24, 2.45) is 5.92 Å². The highest BCUT2D eigenvalue weighted by atomic mass is 32.2. The molecule has 0 radical (unpaired) electrons. The second kappa shape index (κ2) is 7.79. The summed E-state index contributed by atoms with van der Waals surface area (Å²) in [7, 11) is -3.48.